The van der Waals surface area contributed by atoms with E-state index in [1.54, 1.807) is 7.05 Å². The van der Waals surface area contributed by atoms with Crippen LogP contribution < -0.4 is 0 Å². The molecule has 1 unspecified atom stereocenters. The van der Waals surface area contributed by atoms with Gasteiger partial charge in [-0.2, -0.15) is 0 Å². The second kappa shape index (κ2) is 5.98. The first-order valence-corrected chi connectivity index (χ1v) is 6.30. The maximum Gasteiger partial charge on any atom is 0.257 e. The van der Waals surface area contributed by atoms with E-state index in [2.05, 4.69) is 0 Å². The van der Waals surface area contributed by atoms with E-state index in [-0.39, 0.29) is 13.2 Å². The van der Waals surface area contributed by atoms with Gasteiger partial charge in [0.2, 0.25) is 0 Å². The van der Waals surface area contributed by atoms with E-state index in [1.807, 2.05) is 4.90 Å². The molecule has 1 heterocycles. The van der Waals surface area contributed by atoms with Crippen LogP contribution in [-0.4, -0.2) is 60.1 Å². The van der Waals surface area contributed by atoms with Gasteiger partial charge < -0.3 is 14.9 Å². The number of amides is 1. The van der Waals surface area contributed by atoms with Crippen molar-refractivity contribution in [3.8, 4) is 0 Å². The van der Waals surface area contributed by atoms with E-state index in [1.165, 1.54) is 0 Å². The third-order valence-corrected chi connectivity index (χ3v) is 3.49. The van der Waals surface area contributed by atoms with Gasteiger partial charge >= 0.3 is 0 Å². The van der Waals surface area contributed by atoms with Gasteiger partial charge in [-0.1, -0.05) is 0 Å². The number of nitrogens with zero attached hydrogens (tertiary/aromatic N) is 2. The fraction of sp³-hybridized carbons (Fsp3) is 0.462. The predicted molar refractivity (Wildman–Crippen MR) is 65.7 cm³/mol. The molecule has 1 aromatic rings. The van der Waals surface area contributed by atoms with Crippen molar-refractivity contribution in [3.05, 3.63) is 34.9 Å². The van der Waals surface area contributed by atoms with Crippen LogP contribution in [-0.2, 0) is 0 Å². The van der Waals surface area contributed by atoms with Crippen LogP contribution in [0.25, 0.3) is 0 Å². The Morgan fingerprint density at radius 2 is 1.90 bits per heavy atom. The third-order valence-electron chi connectivity index (χ3n) is 3.49. The molecule has 8 heteroatoms. The Hall–Kier alpha value is -1.67. The number of hydrogen-bond donors (Lipinski definition) is 1. The number of rotatable bonds is 2. The molecule has 1 amide bonds. The second-order valence-corrected chi connectivity index (χ2v) is 4.95. The van der Waals surface area contributed by atoms with Gasteiger partial charge in [-0.25, -0.2) is 17.6 Å². The van der Waals surface area contributed by atoms with Gasteiger partial charge in [0.25, 0.3) is 5.91 Å². The highest BCUT2D eigenvalue weighted by molar-refractivity contribution is 5.95. The van der Waals surface area contributed by atoms with Crippen molar-refractivity contribution in [1.29, 1.82) is 0 Å². The minimum Gasteiger partial charge on any atom is -0.394 e. The third kappa shape index (κ3) is 2.86. The monoisotopic (exact) mass is 306 g/mol. The van der Waals surface area contributed by atoms with Gasteiger partial charge in [-0.15, -0.1) is 0 Å². The van der Waals surface area contributed by atoms with Gasteiger partial charge in [-0.05, 0) is 13.1 Å². The smallest absolute Gasteiger partial charge is 0.257 e. The lowest BCUT2D eigenvalue weighted by atomic mass is 10.1. The number of aliphatic hydroxyl groups excluding tert-OH is 1. The van der Waals surface area contributed by atoms with E-state index >= 15 is 0 Å². The second-order valence-electron chi connectivity index (χ2n) is 4.95. The summed E-state index contributed by atoms with van der Waals surface area (Å²) < 4.78 is 52.9. The molecule has 0 spiro atoms. The zero-order chi connectivity index (χ0) is 15.7. The van der Waals surface area contributed by atoms with Crippen LogP contribution in [0, 0.1) is 23.3 Å². The maximum absolute atomic E-state index is 13.7. The summed E-state index contributed by atoms with van der Waals surface area (Å²) in [5.74, 6) is -8.31. The molecule has 0 radical (unpaired) electrons. The zero-order valence-electron chi connectivity index (χ0n) is 11.2. The van der Waals surface area contributed by atoms with Gasteiger partial charge in [0.05, 0.1) is 18.2 Å². The average molecular weight is 306 g/mol. The minimum atomic E-state index is -2.02. The first kappa shape index (κ1) is 15.7. The molecule has 1 N–H and O–H groups in total. The van der Waals surface area contributed by atoms with Crippen LogP contribution in [0.5, 0.6) is 0 Å². The summed E-state index contributed by atoms with van der Waals surface area (Å²) in [6.07, 6.45) is 0. The standard InChI is InChI=1S/C13H14F4N2O2/c1-18-2-3-19(7(5-18)6-20)13(21)8-4-9(14)11(16)12(17)10(8)15/h4,7,20H,2-3,5-6H2,1H3. The van der Waals surface area contributed by atoms with Gasteiger partial charge in [0.15, 0.2) is 23.3 Å². The summed E-state index contributed by atoms with van der Waals surface area (Å²) in [4.78, 5) is 15.2. The van der Waals surface area contributed by atoms with Gasteiger partial charge in [-0.3, -0.25) is 4.79 Å². The van der Waals surface area contributed by atoms with Crippen LogP contribution in [0.2, 0.25) is 0 Å². The molecule has 1 fully saturated rings. The van der Waals surface area contributed by atoms with E-state index < -0.39 is 40.8 Å². The van der Waals surface area contributed by atoms with Gasteiger partial charge in [0.1, 0.15) is 0 Å². The quantitative estimate of drug-likeness (QED) is 0.503. The number of carbonyl (C=O) groups excluding carboxylic acids is 1. The lowest BCUT2D eigenvalue weighted by molar-refractivity contribution is 0.0350. The number of piperazine rings is 1. The molecule has 0 bridgehead atoms. The van der Waals surface area contributed by atoms with Crippen LogP contribution in [0.3, 0.4) is 0 Å². The number of carbonyl (C=O) groups is 1. The first-order chi connectivity index (χ1) is 9.86. The van der Waals surface area contributed by atoms with Crippen molar-refractivity contribution < 1.29 is 27.5 Å². The Balaban J connectivity index is 2.36. The molecule has 1 aromatic carbocycles. The average Bonchev–Trinajstić information content (AvgIpc) is 2.48. The molecule has 1 atom stereocenters. The molecular weight excluding hydrogens is 292 g/mol. The molecule has 0 aromatic heterocycles. The molecule has 116 valence electrons. The van der Waals surface area contributed by atoms with E-state index in [4.69, 9.17) is 0 Å². The summed E-state index contributed by atoms with van der Waals surface area (Å²) in [6, 6.07) is -0.283. The van der Waals surface area contributed by atoms with Crippen molar-refractivity contribution in [3.63, 3.8) is 0 Å². The molecule has 1 saturated heterocycles. The fourth-order valence-corrected chi connectivity index (χ4v) is 2.32. The molecule has 0 aliphatic carbocycles. The fourth-order valence-electron chi connectivity index (χ4n) is 2.32. The van der Waals surface area contributed by atoms with Crippen LogP contribution >= 0.6 is 0 Å². The molecule has 21 heavy (non-hydrogen) atoms. The summed E-state index contributed by atoms with van der Waals surface area (Å²) in [5.41, 5.74) is -0.880. The highest BCUT2D eigenvalue weighted by Gasteiger charge is 2.32. The molecular formula is C13H14F4N2O2. The van der Waals surface area contributed by atoms with E-state index in [0.717, 1.165) is 4.90 Å². The Morgan fingerprint density at radius 3 is 2.52 bits per heavy atom. The largest absolute Gasteiger partial charge is 0.394 e. The van der Waals surface area contributed by atoms with E-state index in [9.17, 15) is 27.5 Å². The minimum absolute atomic E-state index is 0.167. The molecule has 4 nitrogen and oxygen atoms in total. The lowest BCUT2D eigenvalue weighted by Gasteiger charge is -2.39. The van der Waals surface area contributed by atoms with Crippen molar-refractivity contribution >= 4 is 5.91 Å². The van der Waals surface area contributed by atoms with Crippen LogP contribution in [0.15, 0.2) is 6.07 Å². The summed E-state index contributed by atoms with van der Waals surface area (Å²) in [7, 11) is 1.78. The number of benzene rings is 1. The van der Waals surface area contributed by atoms with Crippen molar-refractivity contribution in [1.82, 2.24) is 9.80 Å². The number of hydrogen-bond acceptors (Lipinski definition) is 3. The molecule has 0 saturated carbocycles. The van der Waals surface area contributed by atoms with Crippen molar-refractivity contribution in [2.45, 2.75) is 6.04 Å². The normalized spacial score (nSPS) is 19.9. The lowest BCUT2D eigenvalue weighted by Crippen LogP contribution is -2.55. The Labute approximate surface area is 118 Å². The van der Waals surface area contributed by atoms with Gasteiger partial charge in [0, 0.05) is 19.6 Å². The summed E-state index contributed by atoms with van der Waals surface area (Å²) >= 11 is 0. The van der Waals surface area contributed by atoms with Crippen LogP contribution in [0.4, 0.5) is 17.6 Å². The Kier molecular flexibility index (Phi) is 4.48. The number of aliphatic hydroxyl groups is 1. The number of likely N-dealkylation sites (N-methyl/N-ethyl adjacent to an activating group) is 1. The highest BCUT2D eigenvalue weighted by Crippen LogP contribution is 2.21. The van der Waals surface area contributed by atoms with Crippen molar-refractivity contribution in [2.75, 3.05) is 33.3 Å². The van der Waals surface area contributed by atoms with Crippen molar-refractivity contribution in [2.24, 2.45) is 0 Å². The highest BCUT2D eigenvalue weighted by atomic mass is 19.2. The van der Waals surface area contributed by atoms with Crippen LogP contribution in [0.1, 0.15) is 10.4 Å². The maximum atomic E-state index is 13.7. The molecule has 2 rings (SSSR count). The SMILES string of the molecule is CN1CCN(C(=O)c2cc(F)c(F)c(F)c2F)C(CO)C1. The Morgan fingerprint density at radius 1 is 1.24 bits per heavy atom. The first-order valence-electron chi connectivity index (χ1n) is 6.30. The predicted octanol–water partition coefficient (Wildman–Crippen LogP) is 0.992. The topological polar surface area (TPSA) is 43.8 Å². The summed E-state index contributed by atoms with van der Waals surface area (Å²) in [6.45, 7) is 0.608. The van der Waals surface area contributed by atoms with E-state index in [0.29, 0.717) is 19.2 Å². The zero-order valence-corrected chi connectivity index (χ0v) is 11.2. The molecule has 1 aliphatic rings. The Bertz CT molecular complexity index is 568. The number of halogens is 4. The molecule has 1 aliphatic heterocycles. The summed E-state index contributed by atoms with van der Waals surface area (Å²) in [5, 5.41) is 9.28.